The maximum absolute atomic E-state index is 13.0. The van der Waals surface area contributed by atoms with Crippen LogP contribution in [0.1, 0.15) is 24.5 Å². The van der Waals surface area contributed by atoms with E-state index in [1.54, 1.807) is 24.3 Å². The Balaban J connectivity index is 1.92. The molecule has 0 unspecified atom stereocenters. The van der Waals surface area contributed by atoms with Crippen molar-refractivity contribution in [3.8, 4) is 5.75 Å². The zero-order valence-corrected chi connectivity index (χ0v) is 15.5. The summed E-state index contributed by atoms with van der Waals surface area (Å²) in [5, 5.41) is -0.343. The molecule has 1 heterocycles. The lowest BCUT2D eigenvalue weighted by molar-refractivity contribution is -0.137. The molecule has 0 radical (unpaired) electrons. The van der Waals surface area contributed by atoms with Gasteiger partial charge in [-0.15, -0.1) is 0 Å². The van der Waals surface area contributed by atoms with E-state index in [1.807, 2.05) is 6.92 Å². The highest BCUT2D eigenvalue weighted by atomic mass is 35.5. The quantitative estimate of drug-likeness (QED) is 0.651. The normalized spacial score (nSPS) is 14.8. The van der Waals surface area contributed by atoms with Crippen LogP contribution >= 0.6 is 11.6 Å². The molecule has 0 saturated carbocycles. The Morgan fingerprint density at radius 3 is 2.32 bits per heavy atom. The molecular formula is C20H15ClF3NO3. The Morgan fingerprint density at radius 2 is 1.71 bits per heavy atom. The SMILES string of the molecule is CCCOc1ccc(C2=C(Cl)C(=O)N(c3cccc(C(F)(F)F)c3)C2=O)cc1. The van der Waals surface area contributed by atoms with Crippen molar-refractivity contribution in [2.75, 3.05) is 11.5 Å². The second-order valence-electron chi connectivity index (χ2n) is 6.06. The highest BCUT2D eigenvalue weighted by Gasteiger charge is 2.40. The zero-order chi connectivity index (χ0) is 20.5. The van der Waals surface area contributed by atoms with Gasteiger partial charge in [-0.1, -0.05) is 36.7 Å². The van der Waals surface area contributed by atoms with Gasteiger partial charge in [0.25, 0.3) is 11.8 Å². The minimum atomic E-state index is -4.60. The summed E-state index contributed by atoms with van der Waals surface area (Å²) in [7, 11) is 0. The molecule has 2 amide bonds. The van der Waals surface area contributed by atoms with Crippen LogP contribution in [0.15, 0.2) is 53.6 Å². The van der Waals surface area contributed by atoms with Crippen molar-refractivity contribution in [2.24, 2.45) is 0 Å². The van der Waals surface area contributed by atoms with Crippen LogP contribution in [-0.4, -0.2) is 18.4 Å². The second-order valence-corrected chi connectivity index (χ2v) is 6.43. The maximum Gasteiger partial charge on any atom is 0.416 e. The van der Waals surface area contributed by atoms with Gasteiger partial charge < -0.3 is 4.74 Å². The van der Waals surface area contributed by atoms with Crippen LogP contribution in [0.5, 0.6) is 5.75 Å². The van der Waals surface area contributed by atoms with E-state index in [1.165, 1.54) is 6.07 Å². The van der Waals surface area contributed by atoms with Gasteiger partial charge in [-0.05, 0) is 42.3 Å². The molecule has 0 saturated heterocycles. The fourth-order valence-electron chi connectivity index (χ4n) is 2.75. The lowest BCUT2D eigenvalue weighted by atomic mass is 10.1. The molecule has 0 fully saturated rings. The van der Waals surface area contributed by atoms with E-state index in [2.05, 4.69) is 0 Å². The van der Waals surface area contributed by atoms with E-state index in [4.69, 9.17) is 16.3 Å². The molecule has 0 aliphatic carbocycles. The largest absolute Gasteiger partial charge is 0.494 e. The number of rotatable bonds is 5. The first-order chi connectivity index (χ1) is 13.2. The highest BCUT2D eigenvalue weighted by molar-refractivity contribution is 6.60. The van der Waals surface area contributed by atoms with Crippen LogP contribution in [0, 0.1) is 0 Å². The molecule has 4 nitrogen and oxygen atoms in total. The Morgan fingerprint density at radius 1 is 1.04 bits per heavy atom. The standard InChI is InChI=1S/C20H15ClF3NO3/c1-2-10-28-15-8-6-12(7-9-15)16-17(21)19(27)25(18(16)26)14-5-3-4-13(11-14)20(22,23)24/h3-9,11H,2,10H2,1H3. The summed E-state index contributed by atoms with van der Waals surface area (Å²) in [4.78, 5) is 25.9. The van der Waals surface area contributed by atoms with Crippen molar-refractivity contribution in [2.45, 2.75) is 19.5 Å². The van der Waals surface area contributed by atoms with Crippen LogP contribution in [0.3, 0.4) is 0 Å². The molecule has 0 N–H and O–H groups in total. The number of hydrogen-bond acceptors (Lipinski definition) is 3. The average molecular weight is 410 g/mol. The average Bonchev–Trinajstić information content (AvgIpc) is 2.89. The molecule has 0 aromatic heterocycles. The lowest BCUT2D eigenvalue weighted by Crippen LogP contribution is -2.31. The first-order valence-electron chi connectivity index (χ1n) is 8.43. The van der Waals surface area contributed by atoms with Crippen molar-refractivity contribution in [3.05, 3.63) is 64.7 Å². The number of amides is 2. The summed E-state index contributed by atoms with van der Waals surface area (Å²) in [5.41, 5.74) is -0.846. The van der Waals surface area contributed by atoms with Crippen LogP contribution < -0.4 is 9.64 Å². The van der Waals surface area contributed by atoms with E-state index in [0.29, 0.717) is 22.8 Å². The number of anilines is 1. The van der Waals surface area contributed by atoms with Gasteiger partial charge in [0, 0.05) is 0 Å². The monoisotopic (exact) mass is 409 g/mol. The first-order valence-corrected chi connectivity index (χ1v) is 8.81. The van der Waals surface area contributed by atoms with Gasteiger partial charge in [-0.2, -0.15) is 13.2 Å². The number of benzene rings is 2. The lowest BCUT2D eigenvalue weighted by Gasteiger charge is -2.17. The zero-order valence-electron chi connectivity index (χ0n) is 14.7. The number of alkyl halides is 3. The fourth-order valence-corrected chi connectivity index (χ4v) is 3.02. The minimum absolute atomic E-state index is 0.0638. The van der Waals surface area contributed by atoms with Crippen molar-refractivity contribution < 1.29 is 27.5 Å². The van der Waals surface area contributed by atoms with Gasteiger partial charge >= 0.3 is 6.18 Å². The topological polar surface area (TPSA) is 46.6 Å². The maximum atomic E-state index is 13.0. The predicted octanol–water partition coefficient (Wildman–Crippen LogP) is 5.02. The summed E-state index contributed by atoms with van der Waals surface area (Å²) in [5.74, 6) is -1.06. The second kappa shape index (κ2) is 7.67. The Hall–Kier alpha value is -2.80. The molecule has 3 rings (SSSR count). The van der Waals surface area contributed by atoms with E-state index >= 15 is 0 Å². The van der Waals surface area contributed by atoms with Gasteiger partial charge in [-0.25, -0.2) is 4.90 Å². The van der Waals surface area contributed by atoms with Crippen LogP contribution in [-0.2, 0) is 15.8 Å². The number of hydrogen-bond donors (Lipinski definition) is 0. The summed E-state index contributed by atoms with van der Waals surface area (Å²) in [6.07, 6.45) is -3.77. The molecule has 28 heavy (non-hydrogen) atoms. The Labute approximate surface area is 164 Å². The van der Waals surface area contributed by atoms with Crippen LogP contribution in [0.25, 0.3) is 5.57 Å². The smallest absolute Gasteiger partial charge is 0.416 e. The fraction of sp³-hybridized carbons (Fsp3) is 0.200. The van der Waals surface area contributed by atoms with Gasteiger partial charge in [0.1, 0.15) is 10.8 Å². The van der Waals surface area contributed by atoms with E-state index in [9.17, 15) is 22.8 Å². The molecule has 2 aromatic carbocycles. The summed E-state index contributed by atoms with van der Waals surface area (Å²) in [6.45, 7) is 2.49. The number of halogens is 4. The number of nitrogens with zero attached hydrogens (tertiary/aromatic N) is 1. The summed E-state index contributed by atoms with van der Waals surface area (Å²) >= 11 is 6.07. The molecule has 2 aromatic rings. The van der Waals surface area contributed by atoms with Crippen LogP contribution in [0.4, 0.5) is 18.9 Å². The highest BCUT2D eigenvalue weighted by Crippen LogP contribution is 2.37. The molecule has 1 aliphatic heterocycles. The first kappa shape index (κ1) is 19.9. The number of carbonyl (C=O) groups excluding carboxylic acids is 2. The number of ether oxygens (including phenoxy) is 1. The van der Waals surface area contributed by atoms with Crippen LogP contribution in [0.2, 0.25) is 0 Å². The Kier molecular flexibility index (Phi) is 5.47. The molecule has 0 spiro atoms. The summed E-state index contributed by atoms with van der Waals surface area (Å²) in [6, 6.07) is 10.4. The molecule has 146 valence electrons. The third-order valence-electron chi connectivity index (χ3n) is 4.07. The molecule has 8 heteroatoms. The third-order valence-corrected chi connectivity index (χ3v) is 4.43. The molecule has 1 aliphatic rings. The molecule has 0 bridgehead atoms. The summed E-state index contributed by atoms with van der Waals surface area (Å²) < 4.78 is 44.3. The van der Waals surface area contributed by atoms with Crippen molar-refractivity contribution in [1.29, 1.82) is 0 Å². The van der Waals surface area contributed by atoms with Gasteiger partial charge in [0.05, 0.1) is 23.4 Å². The van der Waals surface area contributed by atoms with Gasteiger partial charge in [-0.3, -0.25) is 9.59 Å². The van der Waals surface area contributed by atoms with Gasteiger partial charge in [0.2, 0.25) is 0 Å². The third kappa shape index (κ3) is 3.75. The number of carbonyl (C=O) groups is 2. The number of imide groups is 1. The van der Waals surface area contributed by atoms with Gasteiger partial charge in [0.15, 0.2) is 0 Å². The van der Waals surface area contributed by atoms with Crippen molar-refractivity contribution in [1.82, 2.24) is 0 Å². The van der Waals surface area contributed by atoms with Crippen molar-refractivity contribution in [3.63, 3.8) is 0 Å². The molecular weight excluding hydrogens is 395 g/mol. The van der Waals surface area contributed by atoms with E-state index in [0.717, 1.165) is 24.6 Å². The molecule has 0 atom stereocenters. The predicted molar refractivity (Wildman–Crippen MR) is 98.9 cm³/mol. The Bertz CT molecular complexity index is 952. The van der Waals surface area contributed by atoms with E-state index < -0.39 is 23.6 Å². The van der Waals surface area contributed by atoms with E-state index in [-0.39, 0.29) is 16.3 Å². The minimum Gasteiger partial charge on any atom is -0.494 e. The van der Waals surface area contributed by atoms with Crippen molar-refractivity contribution >= 4 is 34.7 Å².